The molecule has 5 rings (SSSR count). The van der Waals surface area contributed by atoms with E-state index in [0.29, 0.717) is 35.9 Å². The Morgan fingerprint density at radius 3 is 2.62 bits per heavy atom. The number of ketones is 1. The smallest absolute Gasteiger partial charge is 0.480 e. The summed E-state index contributed by atoms with van der Waals surface area (Å²) in [6.07, 6.45) is 2.86. The number of aliphatic hydroxyl groups excluding tert-OH is 1. The molecule has 3 saturated carbocycles. The first kappa shape index (κ1) is 35.7. The van der Waals surface area contributed by atoms with Crippen LogP contribution < -0.4 is 15.5 Å². The Morgan fingerprint density at radius 2 is 1.96 bits per heavy atom. The molecule has 12 heteroatoms. The van der Waals surface area contributed by atoms with E-state index in [9.17, 15) is 24.5 Å². The molecular formula is C35H49BClNO9. The van der Waals surface area contributed by atoms with Gasteiger partial charge in [0.05, 0.1) is 17.7 Å². The van der Waals surface area contributed by atoms with E-state index in [-0.39, 0.29) is 52.9 Å². The SMILES string of the molecule is C=C[C@]1(C)C[C@@H](OC(=O)COc2cc(CNC(=O)OC(C)(C)C)c3c(c2Cl)B(O)OC3)[C@]2(C)[C@H](C)CC[C@]3(CCC(=O)[C@H]32)[C@@H](C)[C@@H]1O. The number of Topliss-reactive ketones (excluding diaryl/α,β-unsaturated/α-hetero) is 1. The fourth-order valence-electron chi connectivity index (χ4n) is 9.00. The summed E-state index contributed by atoms with van der Waals surface area (Å²) < 4.78 is 23.0. The summed E-state index contributed by atoms with van der Waals surface area (Å²) in [7, 11) is -1.30. The van der Waals surface area contributed by atoms with Gasteiger partial charge < -0.3 is 34.3 Å². The quantitative estimate of drug-likeness (QED) is 0.210. The number of esters is 1. The van der Waals surface area contributed by atoms with E-state index in [1.165, 1.54) is 0 Å². The van der Waals surface area contributed by atoms with E-state index >= 15 is 0 Å². The minimum absolute atomic E-state index is 0.0433. The van der Waals surface area contributed by atoms with Crippen molar-refractivity contribution in [2.24, 2.45) is 34.0 Å². The third kappa shape index (κ3) is 6.22. The average Bonchev–Trinajstić information content (AvgIpc) is 3.56. The predicted octanol–water partition coefficient (Wildman–Crippen LogP) is 4.87. The van der Waals surface area contributed by atoms with Crippen molar-refractivity contribution in [1.29, 1.82) is 0 Å². The summed E-state index contributed by atoms with van der Waals surface area (Å²) in [5.41, 5.74) is -0.981. The number of hydrogen-bond acceptors (Lipinski definition) is 9. The maximum atomic E-state index is 13.7. The van der Waals surface area contributed by atoms with Crippen LogP contribution in [0.1, 0.15) is 91.7 Å². The second-order valence-electron chi connectivity index (χ2n) is 15.6. The third-order valence-corrected chi connectivity index (χ3v) is 12.2. The number of rotatable bonds is 7. The van der Waals surface area contributed by atoms with Gasteiger partial charge in [0.2, 0.25) is 0 Å². The van der Waals surface area contributed by atoms with Crippen LogP contribution >= 0.6 is 11.6 Å². The van der Waals surface area contributed by atoms with Crippen LogP contribution in [-0.4, -0.2) is 59.5 Å². The van der Waals surface area contributed by atoms with Gasteiger partial charge in [0.1, 0.15) is 23.2 Å². The van der Waals surface area contributed by atoms with E-state index in [1.807, 2.05) is 6.92 Å². The Kier molecular flexibility index (Phi) is 9.65. The number of amides is 1. The predicted molar refractivity (Wildman–Crippen MR) is 177 cm³/mol. The number of alkyl carbamates (subject to hydrolysis) is 1. The number of carbonyl (C=O) groups is 3. The lowest BCUT2D eigenvalue weighted by Crippen LogP contribution is -2.63. The highest BCUT2D eigenvalue weighted by molar-refractivity contribution is 6.65. The molecule has 258 valence electrons. The van der Waals surface area contributed by atoms with Crippen molar-refractivity contribution in [3.63, 3.8) is 0 Å². The molecule has 47 heavy (non-hydrogen) atoms. The third-order valence-electron chi connectivity index (χ3n) is 11.8. The number of carbonyl (C=O) groups excluding carboxylic acids is 3. The van der Waals surface area contributed by atoms with Gasteiger partial charge in [-0.3, -0.25) is 4.79 Å². The van der Waals surface area contributed by atoms with E-state index < -0.39 is 54.4 Å². The van der Waals surface area contributed by atoms with Crippen molar-refractivity contribution in [2.45, 2.75) is 112 Å². The first-order chi connectivity index (χ1) is 21.9. The number of nitrogens with one attached hydrogen (secondary N) is 1. The molecule has 0 radical (unpaired) electrons. The van der Waals surface area contributed by atoms with Gasteiger partial charge in [-0.05, 0) is 80.9 Å². The van der Waals surface area contributed by atoms with Gasteiger partial charge >= 0.3 is 19.2 Å². The molecule has 1 aromatic rings. The van der Waals surface area contributed by atoms with Crippen molar-refractivity contribution in [2.75, 3.05) is 6.61 Å². The van der Waals surface area contributed by atoms with Crippen molar-refractivity contribution in [3.05, 3.63) is 34.9 Å². The van der Waals surface area contributed by atoms with Crippen LogP contribution in [-0.2, 0) is 36.9 Å². The molecular weight excluding hydrogens is 625 g/mol. The fourth-order valence-corrected chi connectivity index (χ4v) is 9.31. The van der Waals surface area contributed by atoms with Gasteiger partial charge in [-0.25, -0.2) is 9.59 Å². The van der Waals surface area contributed by atoms with E-state index in [4.69, 9.17) is 30.5 Å². The number of ether oxygens (including phenoxy) is 3. The maximum absolute atomic E-state index is 13.7. The molecule has 3 N–H and O–H groups in total. The van der Waals surface area contributed by atoms with Gasteiger partial charge in [0.15, 0.2) is 6.61 Å². The first-order valence-electron chi connectivity index (χ1n) is 16.6. The minimum Gasteiger partial charge on any atom is -0.480 e. The lowest BCUT2D eigenvalue weighted by Gasteiger charge is -2.61. The number of benzene rings is 1. The molecule has 0 unspecified atom stereocenters. The second kappa shape index (κ2) is 12.7. The van der Waals surface area contributed by atoms with Crippen molar-refractivity contribution >= 4 is 42.0 Å². The zero-order chi connectivity index (χ0) is 34.7. The van der Waals surface area contributed by atoms with Crippen molar-refractivity contribution < 1.29 is 43.4 Å². The Balaban J connectivity index is 1.40. The van der Waals surface area contributed by atoms with E-state index in [2.05, 4.69) is 32.7 Å². The standard InChI is InChI=1S/C35H49BClNO9/c1-9-33(7)15-25(34(8)19(2)10-12-35(20(3)30(33)41)13-11-23(39)29(34)35)46-26(40)18-44-24-14-21(16-38-31(42)47-32(4,5)6)22-17-45-36(43)27(22)28(24)37/h9,14,19-20,25,29-30,41,43H,1,10-13,15-18H2,2-8H3,(H,38,42)/t19-,20+,25-,29+,30+,33-,34+,35+/m1/s1. The Labute approximate surface area is 283 Å². The van der Waals surface area contributed by atoms with Crippen LogP contribution in [0.15, 0.2) is 18.7 Å². The molecule has 1 amide bonds. The highest BCUT2D eigenvalue weighted by Gasteiger charge is 2.68. The normalized spacial score (nSPS) is 34.9. The summed E-state index contributed by atoms with van der Waals surface area (Å²) in [5, 5.41) is 25.1. The minimum atomic E-state index is -1.30. The van der Waals surface area contributed by atoms with Crippen LogP contribution in [0, 0.1) is 34.0 Å². The molecule has 3 fully saturated rings. The number of fused-ring (bicyclic) bond motifs is 1. The molecule has 2 bridgehead atoms. The topological polar surface area (TPSA) is 141 Å². The number of aliphatic hydroxyl groups is 1. The van der Waals surface area contributed by atoms with E-state index in [0.717, 1.165) is 12.8 Å². The lowest BCUT2D eigenvalue weighted by atomic mass is 9.44. The van der Waals surface area contributed by atoms with Crippen LogP contribution in [0.4, 0.5) is 4.79 Å². The van der Waals surface area contributed by atoms with Crippen LogP contribution in [0.3, 0.4) is 0 Å². The monoisotopic (exact) mass is 673 g/mol. The van der Waals surface area contributed by atoms with Gasteiger partial charge in [-0.2, -0.15) is 0 Å². The van der Waals surface area contributed by atoms with Crippen LogP contribution in [0.25, 0.3) is 0 Å². The molecule has 1 aromatic carbocycles. The molecule has 0 spiro atoms. The highest BCUT2D eigenvalue weighted by atomic mass is 35.5. The molecule has 1 heterocycles. The lowest BCUT2D eigenvalue weighted by molar-refractivity contribution is -0.207. The molecule has 4 aliphatic rings. The molecule has 0 saturated heterocycles. The van der Waals surface area contributed by atoms with Gasteiger partial charge in [-0.15, -0.1) is 6.58 Å². The van der Waals surface area contributed by atoms with E-state index in [1.54, 1.807) is 32.9 Å². The largest absolute Gasteiger partial charge is 0.493 e. The zero-order valence-corrected chi connectivity index (χ0v) is 29.4. The second-order valence-corrected chi connectivity index (χ2v) is 16.0. The molecule has 3 aliphatic carbocycles. The Hall–Kier alpha value is -2.60. The first-order valence-corrected chi connectivity index (χ1v) is 17.0. The molecule has 8 atom stereocenters. The van der Waals surface area contributed by atoms with Crippen molar-refractivity contribution in [3.8, 4) is 5.75 Å². The summed E-state index contributed by atoms with van der Waals surface area (Å²) in [5.74, 6) is -0.742. The average molecular weight is 674 g/mol. The summed E-state index contributed by atoms with van der Waals surface area (Å²) in [6.45, 7) is 17.2. The van der Waals surface area contributed by atoms with Gasteiger partial charge in [0, 0.05) is 35.2 Å². The van der Waals surface area contributed by atoms with Crippen LogP contribution in [0.2, 0.25) is 5.02 Å². The summed E-state index contributed by atoms with van der Waals surface area (Å²) >= 11 is 6.65. The maximum Gasteiger partial charge on any atom is 0.493 e. The molecule has 1 aliphatic heterocycles. The van der Waals surface area contributed by atoms with Gasteiger partial charge in [0.25, 0.3) is 0 Å². The zero-order valence-electron chi connectivity index (χ0n) is 28.6. The Morgan fingerprint density at radius 1 is 1.26 bits per heavy atom. The molecule has 10 nitrogen and oxygen atoms in total. The Bertz CT molecular complexity index is 1450. The fraction of sp³-hybridized carbons (Fsp3) is 0.686. The van der Waals surface area contributed by atoms with Crippen LogP contribution in [0.5, 0.6) is 5.75 Å². The number of hydrogen-bond donors (Lipinski definition) is 3. The highest BCUT2D eigenvalue weighted by Crippen LogP contribution is 2.68. The summed E-state index contributed by atoms with van der Waals surface area (Å²) in [4.78, 5) is 39.6. The van der Waals surface area contributed by atoms with Gasteiger partial charge in [-0.1, -0.05) is 45.4 Å². The number of halogens is 1. The van der Waals surface area contributed by atoms with Crippen molar-refractivity contribution in [1.82, 2.24) is 5.32 Å². The summed E-state index contributed by atoms with van der Waals surface area (Å²) in [6, 6.07) is 1.60. The molecule has 0 aromatic heterocycles.